The van der Waals surface area contributed by atoms with Gasteiger partial charge in [-0.3, -0.25) is 24.5 Å². The van der Waals surface area contributed by atoms with Crippen molar-refractivity contribution in [3.05, 3.63) is 23.8 Å². The molecule has 0 aromatic heterocycles. The minimum atomic E-state index is -0.670. The molecule has 8 heteroatoms. The number of amides is 2. The maximum atomic E-state index is 12.3. The third-order valence-electron chi connectivity index (χ3n) is 5.02. The van der Waals surface area contributed by atoms with Gasteiger partial charge in [0.1, 0.15) is 13.2 Å². The van der Waals surface area contributed by atoms with Crippen molar-refractivity contribution in [2.24, 2.45) is 5.92 Å². The first-order valence-electron chi connectivity index (χ1n) is 9.95. The Morgan fingerprint density at radius 2 is 1.69 bits per heavy atom. The number of carbonyl (C=O) groups is 4. The summed E-state index contributed by atoms with van der Waals surface area (Å²) in [7, 11) is 0. The van der Waals surface area contributed by atoms with Gasteiger partial charge in [0.25, 0.3) is 5.91 Å². The van der Waals surface area contributed by atoms with Crippen LogP contribution in [0.2, 0.25) is 0 Å². The van der Waals surface area contributed by atoms with Crippen molar-refractivity contribution in [3.63, 3.8) is 0 Å². The lowest BCUT2D eigenvalue weighted by Gasteiger charge is -2.20. The van der Waals surface area contributed by atoms with Crippen LogP contribution in [0.25, 0.3) is 0 Å². The molecule has 2 amide bonds. The number of fused-ring (bicyclic) bond motifs is 1. The fourth-order valence-corrected chi connectivity index (χ4v) is 3.44. The quantitative estimate of drug-likeness (QED) is 0.549. The number of Topliss-reactive ketones (excluding diaryl/α,β-unsaturated/α-hetero) is 1. The zero-order valence-corrected chi connectivity index (χ0v) is 16.2. The van der Waals surface area contributed by atoms with E-state index in [2.05, 4.69) is 5.32 Å². The van der Waals surface area contributed by atoms with Gasteiger partial charge in [-0.05, 0) is 31.0 Å². The highest BCUT2D eigenvalue weighted by molar-refractivity contribution is 5.99. The third-order valence-corrected chi connectivity index (χ3v) is 5.02. The van der Waals surface area contributed by atoms with Crippen molar-refractivity contribution >= 4 is 23.6 Å². The molecule has 8 nitrogen and oxygen atoms in total. The average Bonchev–Trinajstić information content (AvgIpc) is 2.76. The van der Waals surface area contributed by atoms with Gasteiger partial charge in [0.2, 0.25) is 5.91 Å². The van der Waals surface area contributed by atoms with E-state index in [1.165, 1.54) is 0 Å². The summed E-state index contributed by atoms with van der Waals surface area (Å²) in [5.74, 6) is -0.921. The summed E-state index contributed by atoms with van der Waals surface area (Å²) in [4.78, 5) is 47.9. The molecule has 156 valence electrons. The summed E-state index contributed by atoms with van der Waals surface area (Å²) in [6.07, 6.45) is 4.43. The molecule has 0 saturated heterocycles. The van der Waals surface area contributed by atoms with E-state index in [4.69, 9.17) is 14.2 Å². The first kappa shape index (κ1) is 20.8. The molecule has 1 aliphatic heterocycles. The van der Waals surface area contributed by atoms with E-state index < -0.39 is 18.5 Å². The average molecular weight is 403 g/mol. The number of benzene rings is 1. The Kier molecular flexibility index (Phi) is 7.21. The fraction of sp³-hybridized carbons (Fsp3) is 0.524. The molecule has 0 atom stereocenters. The fourth-order valence-electron chi connectivity index (χ4n) is 3.44. The van der Waals surface area contributed by atoms with Crippen molar-refractivity contribution < 1.29 is 33.4 Å². The molecule has 1 aromatic carbocycles. The first-order chi connectivity index (χ1) is 14.0. The maximum Gasteiger partial charge on any atom is 0.306 e. The molecule has 1 fully saturated rings. The van der Waals surface area contributed by atoms with Crippen LogP contribution >= 0.6 is 0 Å². The lowest BCUT2D eigenvalue weighted by atomic mass is 9.89. The second-order valence-corrected chi connectivity index (χ2v) is 7.19. The van der Waals surface area contributed by atoms with Crippen molar-refractivity contribution in [3.8, 4) is 11.5 Å². The number of hydrogen-bond donors (Lipinski definition) is 1. The lowest BCUT2D eigenvalue weighted by molar-refractivity contribution is -0.150. The molecule has 0 radical (unpaired) electrons. The van der Waals surface area contributed by atoms with Crippen LogP contribution in [-0.4, -0.2) is 43.4 Å². The van der Waals surface area contributed by atoms with Gasteiger partial charge in [-0.15, -0.1) is 0 Å². The zero-order valence-electron chi connectivity index (χ0n) is 16.2. The van der Waals surface area contributed by atoms with E-state index in [9.17, 15) is 19.2 Å². The number of carbonyl (C=O) groups excluding carboxylic acids is 4. The van der Waals surface area contributed by atoms with Gasteiger partial charge in [0.15, 0.2) is 23.9 Å². The molecule has 29 heavy (non-hydrogen) atoms. The number of esters is 1. The Hall–Kier alpha value is -2.90. The minimum absolute atomic E-state index is 0.0545. The molecule has 1 saturated carbocycles. The van der Waals surface area contributed by atoms with Crippen LogP contribution in [0.3, 0.4) is 0 Å². The molecule has 2 aliphatic rings. The monoisotopic (exact) mass is 403 g/mol. The van der Waals surface area contributed by atoms with E-state index in [1.807, 2.05) is 0 Å². The molecule has 0 unspecified atom stereocenters. The normalized spacial score (nSPS) is 16.0. The smallest absolute Gasteiger partial charge is 0.306 e. The number of imide groups is 1. The van der Waals surface area contributed by atoms with E-state index in [0.29, 0.717) is 30.3 Å². The summed E-state index contributed by atoms with van der Waals surface area (Å²) in [5, 5.41) is 2.28. The summed E-state index contributed by atoms with van der Waals surface area (Å²) >= 11 is 0. The predicted octanol–water partition coefficient (Wildman–Crippen LogP) is 2.19. The molecule has 1 aliphatic carbocycles. The molecule has 0 bridgehead atoms. The zero-order chi connectivity index (χ0) is 20.6. The first-order valence-corrected chi connectivity index (χ1v) is 9.95. The molecular weight excluding hydrogens is 378 g/mol. The van der Waals surface area contributed by atoms with Crippen LogP contribution in [0.5, 0.6) is 11.5 Å². The predicted molar refractivity (Wildman–Crippen MR) is 102 cm³/mol. The van der Waals surface area contributed by atoms with Gasteiger partial charge in [-0.25, -0.2) is 0 Å². The van der Waals surface area contributed by atoms with Crippen LogP contribution in [0.4, 0.5) is 0 Å². The molecular formula is C21H25NO7. The van der Waals surface area contributed by atoms with E-state index in [-0.39, 0.29) is 30.4 Å². The Bertz CT molecular complexity index is 783. The minimum Gasteiger partial charge on any atom is -0.486 e. The van der Waals surface area contributed by atoms with E-state index in [0.717, 1.165) is 32.1 Å². The molecule has 0 spiro atoms. The van der Waals surface area contributed by atoms with Gasteiger partial charge in [-0.1, -0.05) is 19.3 Å². The van der Waals surface area contributed by atoms with Crippen molar-refractivity contribution in [2.45, 2.75) is 44.9 Å². The summed E-state index contributed by atoms with van der Waals surface area (Å²) in [6, 6.07) is 4.87. The SMILES string of the molecule is O=C(COC(=O)CCC(=O)c1ccc2c(c1)OCCO2)NC(=O)C1CCCCC1. The Labute approximate surface area is 168 Å². The van der Waals surface area contributed by atoms with Gasteiger partial charge in [0.05, 0.1) is 6.42 Å². The van der Waals surface area contributed by atoms with Crippen LogP contribution in [0, 0.1) is 5.92 Å². The Balaban J connectivity index is 1.37. The second kappa shape index (κ2) is 10.0. The topological polar surface area (TPSA) is 108 Å². The molecule has 1 N–H and O–H groups in total. The van der Waals surface area contributed by atoms with Crippen LogP contribution in [-0.2, 0) is 19.1 Å². The number of ether oxygens (including phenoxy) is 3. The molecule has 1 heterocycles. The lowest BCUT2D eigenvalue weighted by Crippen LogP contribution is -2.38. The Morgan fingerprint density at radius 1 is 0.966 bits per heavy atom. The summed E-state index contributed by atoms with van der Waals surface area (Å²) in [5.41, 5.74) is 0.415. The van der Waals surface area contributed by atoms with Gasteiger partial charge in [-0.2, -0.15) is 0 Å². The summed E-state index contributed by atoms with van der Waals surface area (Å²) < 4.78 is 15.7. The number of nitrogens with one attached hydrogen (secondary N) is 1. The van der Waals surface area contributed by atoms with Crippen molar-refractivity contribution in [1.82, 2.24) is 5.32 Å². The van der Waals surface area contributed by atoms with E-state index >= 15 is 0 Å². The van der Waals surface area contributed by atoms with Gasteiger partial charge >= 0.3 is 5.97 Å². The number of hydrogen-bond acceptors (Lipinski definition) is 7. The second-order valence-electron chi connectivity index (χ2n) is 7.19. The highest BCUT2D eigenvalue weighted by Crippen LogP contribution is 2.31. The Morgan fingerprint density at radius 3 is 2.45 bits per heavy atom. The molecule has 3 rings (SSSR count). The van der Waals surface area contributed by atoms with Gasteiger partial charge < -0.3 is 14.2 Å². The highest BCUT2D eigenvalue weighted by atomic mass is 16.6. The van der Waals surface area contributed by atoms with Gasteiger partial charge in [0, 0.05) is 17.9 Å². The largest absolute Gasteiger partial charge is 0.486 e. The molecule has 1 aromatic rings. The van der Waals surface area contributed by atoms with Crippen LogP contribution in [0.15, 0.2) is 18.2 Å². The van der Waals surface area contributed by atoms with Crippen LogP contribution < -0.4 is 14.8 Å². The standard InChI is InChI=1S/C21H25NO7/c23-16(15-6-8-17-18(12-15)28-11-10-27-17)7-9-20(25)29-13-19(24)22-21(26)14-4-2-1-3-5-14/h6,8,12,14H,1-5,7,9-11,13H2,(H,22,24,26). The van der Waals surface area contributed by atoms with Crippen molar-refractivity contribution in [2.75, 3.05) is 19.8 Å². The highest BCUT2D eigenvalue weighted by Gasteiger charge is 2.23. The summed E-state index contributed by atoms with van der Waals surface area (Å²) in [6.45, 7) is 0.351. The van der Waals surface area contributed by atoms with E-state index in [1.54, 1.807) is 18.2 Å². The third kappa shape index (κ3) is 6.04. The van der Waals surface area contributed by atoms with Crippen LogP contribution in [0.1, 0.15) is 55.3 Å². The number of ketones is 1. The number of rotatable bonds is 7. The maximum absolute atomic E-state index is 12.3. The van der Waals surface area contributed by atoms with Crippen molar-refractivity contribution in [1.29, 1.82) is 0 Å².